The average Bonchev–Trinajstić information content (AvgIpc) is 2.59. The van der Waals surface area contributed by atoms with Crippen LogP contribution < -0.4 is 0 Å². The van der Waals surface area contributed by atoms with Crippen LogP contribution in [0.1, 0.15) is 58.4 Å². The van der Waals surface area contributed by atoms with Crippen LogP contribution in [0.5, 0.6) is 0 Å². The molecule has 1 aromatic carbocycles. The Hall–Kier alpha value is -2.11. The van der Waals surface area contributed by atoms with Crippen molar-refractivity contribution in [1.29, 1.82) is 0 Å². The van der Waals surface area contributed by atoms with Gasteiger partial charge in [0, 0.05) is 13.1 Å². The van der Waals surface area contributed by atoms with Crippen LogP contribution in [0.3, 0.4) is 0 Å². The Labute approximate surface area is 160 Å². The Bertz CT molecular complexity index is 631. The average molecular weight is 379 g/mol. The van der Waals surface area contributed by atoms with E-state index in [0.717, 1.165) is 18.4 Å². The summed E-state index contributed by atoms with van der Waals surface area (Å²) in [6.07, 6.45) is 1.49. The molecule has 1 saturated heterocycles. The summed E-state index contributed by atoms with van der Waals surface area (Å²) < 4.78 is 23.9. The number of ether oxygens (including phenoxy) is 2. The lowest BCUT2D eigenvalue weighted by molar-refractivity contribution is -0.144. The van der Waals surface area contributed by atoms with Gasteiger partial charge in [-0.05, 0) is 70.1 Å². The first-order chi connectivity index (χ1) is 12.7. The Morgan fingerprint density at radius 2 is 1.78 bits per heavy atom. The smallest absolute Gasteiger partial charge is 0.410 e. The van der Waals surface area contributed by atoms with E-state index in [1.54, 1.807) is 24.0 Å². The molecule has 27 heavy (non-hydrogen) atoms. The summed E-state index contributed by atoms with van der Waals surface area (Å²) in [5.74, 6) is -0.376. The Morgan fingerprint density at radius 1 is 1.19 bits per heavy atom. The zero-order chi connectivity index (χ0) is 20.0. The molecule has 0 saturated carbocycles. The molecule has 0 aromatic heterocycles. The predicted molar refractivity (Wildman–Crippen MR) is 101 cm³/mol. The second-order valence-corrected chi connectivity index (χ2v) is 7.97. The molecule has 0 bridgehead atoms. The molecule has 2 rings (SSSR count). The molecule has 0 N–H and O–H groups in total. The zero-order valence-corrected chi connectivity index (χ0v) is 16.7. The van der Waals surface area contributed by atoms with E-state index in [-0.39, 0.29) is 36.1 Å². The molecular weight excluding hydrogens is 349 g/mol. The number of rotatable bonds is 5. The van der Waals surface area contributed by atoms with Crippen molar-refractivity contribution in [1.82, 2.24) is 4.90 Å². The van der Waals surface area contributed by atoms with Crippen LogP contribution in [-0.4, -0.2) is 42.3 Å². The van der Waals surface area contributed by atoms with Gasteiger partial charge in [-0.25, -0.2) is 9.18 Å². The van der Waals surface area contributed by atoms with Crippen LogP contribution in [0.2, 0.25) is 0 Å². The first-order valence-corrected chi connectivity index (χ1v) is 9.58. The summed E-state index contributed by atoms with van der Waals surface area (Å²) in [5.41, 5.74) is 0.411. The Morgan fingerprint density at radius 3 is 2.30 bits per heavy atom. The number of halogens is 1. The third-order valence-electron chi connectivity index (χ3n) is 4.75. The number of benzene rings is 1. The maximum Gasteiger partial charge on any atom is 0.410 e. The van der Waals surface area contributed by atoms with Gasteiger partial charge in [-0.1, -0.05) is 12.1 Å². The van der Waals surface area contributed by atoms with E-state index in [4.69, 9.17) is 9.47 Å². The monoisotopic (exact) mass is 379 g/mol. The molecule has 150 valence electrons. The summed E-state index contributed by atoms with van der Waals surface area (Å²) in [4.78, 5) is 26.0. The fourth-order valence-electron chi connectivity index (χ4n) is 3.48. The molecule has 0 aliphatic carbocycles. The maximum absolute atomic E-state index is 13.3. The number of piperidine rings is 1. The van der Waals surface area contributed by atoms with Crippen molar-refractivity contribution in [2.75, 3.05) is 19.7 Å². The van der Waals surface area contributed by atoms with Crippen molar-refractivity contribution in [3.8, 4) is 0 Å². The highest BCUT2D eigenvalue weighted by Crippen LogP contribution is 2.36. The van der Waals surface area contributed by atoms with Crippen molar-refractivity contribution in [3.63, 3.8) is 0 Å². The van der Waals surface area contributed by atoms with Crippen molar-refractivity contribution < 1.29 is 23.5 Å². The lowest BCUT2D eigenvalue weighted by atomic mass is 9.78. The molecule has 1 atom stereocenters. The quantitative estimate of drug-likeness (QED) is 0.707. The topological polar surface area (TPSA) is 55.8 Å². The van der Waals surface area contributed by atoms with Gasteiger partial charge in [-0.3, -0.25) is 4.79 Å². The molecule has 0 radical (unpaired) electrons. The summed E-state index contributed by atoms with van der Waals surface area (Å²) in [6, 6.07) is 6.31. The van der Waals surface area contributed by atoms with E-state index >= 15 is 0 Å². The molecule has 1 aromatic rings. The third kappa shape index (κ3) is 6.52. The molecule has 1 unspecified atom stereocenters. The van der Waals surface area contributed by atoms with E-state index in [0.29, 0.717) is 19.7 Å². The fourth-order valence-corrected chi connectivity index (χ4v) is 3.48. The maximum atomic E-state index is 13.3. The predicted octanol–water partition coefficient (Wildman–Crippen LogP) is 4.51. The minimum atomic E-state index is -0.519. The number of amides is 1. The molecule has 1 aliphatic rings. The van der Waals surface area contributed by atoms with Crippen LogP contribution in [0.15, 0.2) is 24.3 Å². The standard InChI is InChI=1S/C21H30FNO4/c1-5-26-19(24)14-18(15-6-8-17(22)9-7-15)16-10-12-23(13-11-16)20(25)27-21(2,3)4/h6-9,16,18H,5,10-14H2,1-4H3. The summed E-state index contributed by atoms with van der Waals surface area (Å²) in [6.45, 7) is 8.83. The van der Waals surface area contributed by atoms with Gasteiger partial charge in [-0.15, -0.1) is 0 Å². The second-order valence-electron chi connectivity index (χ2n) is 7.97. The molecule has 1 heterocycles. The number of nitrogens with zero attached hydrogens (tertiary/aromatic N) is 1. The summed E-state index contributed by atoms with van der Waals surface area (Å²) in [5, 5.41) is 0. The van der Waals surface area contributed by atoms with Crippen molar-refractivity contribution in [2.45, 2.75) is 58.5 Å². The Balaban J connectivity index is 2.05. The SMILES string of the molecule is CCOC(=O)CC(c1ccc(F)cc1)C1CCN(C(=O)OC(C)(C)C)CC1. The van der Waals surface area contributed by atoms with E-state index in [1.165, 1.54) is 12.1 Å². The van der Waals surface area contributed by atoms with E-state index < -0.39 is 5.60 Å². The van der Waals surface area contributed by atoms with Gasteiger partial charge >= 0.3 is 12.1 Å². The molecular formula is C21H30FNO4. The van der Waals surface area contributed by atoms with Crippen molar-refractivity contribution in [3.05, 3.63) is 35.6 Å². The van der Waals surface area contributed by atoms with Crippen LogP contribution in [0.4, 0.5) is 9.18 Å². The van der Waals surface area contributed by atoms with E-state index in [9.17, 15) is 14.0 Å². The summed E-state index contributed by atoms with van der Waals surface area (Å²) >= 11 is 0. The van der Waals surface area contributed by atoms with Crippen molar-refractivity contribution >= 4 is 12.1 Å². The minimum absolute atomic E-state index is 0.0505. The van der Waals surface area contributed by atoms with Crippen LogP contribution in [-0.2, 0) is 14.3 Å². The number of hydrogen-bond acceptors (Lipinski definition) is 4. The lowest BCUT2D eigenvalue weighted by Crippen LogP contribution is -2.42. The van der Waals surface area contributed by atoms with Gasteiger partial charge in [-0.2, -0.15) is 0 Å². The number of esters is 1. The highest BCUT2D eigenvalue weighted by atomic mass is 19.1. The van der Waals surface area contributed by atoms with Gasteiger partial charge in [0.1, 0.15) is 11.4 Å². The first-order valence-electron chi connectivity index (χ1n) is 9.58. The highest BCUT2D eigenvalue weighted by Gasteiger charge is 2.32. The van der Waals surface area contributed by atoms with Crippen LogP contribution >= 0.6 is 0 Å². The normalized spacial score (nSPS) is 16.7. The highest BCUT2D eigenvalue weighted by molar-refractivity contribution is 5.70. The largest absolute Gasteiger partial charge is 0.466 e. The third-order valence-corrected chi connectivity index (χ3v) is 4.75. The van der Waals surface area contributed by atoms with Gasteiger partial charge in [0.05, 0.1) is 13.0 Å². The van der Waals surface area contributed by atoms with E-state index in [1.807, 2.05) is 20.8 Å². The van der Waals surface area contributed by atoms with Gasteiger partial charge < -0.3 is 14.4 Å². The fraction of sp³-hybridized carbons (Fsp3) is 0.619. The molecule has 1 aliphatic heterocycles. The molecule has 5 nitrogen and oxygen atoms in total. The van der Waals surface area contributed by atoms with E-state index in [2.05, 4.69) is 0 Å². The van der Waals surface area contributed by atoms with Gasteiger partial charge in [0.15, 0.2) is 0 Å². The molecule has 1 fully saturated rings. The first kappa shape index (κ1) is 21.2. The molecule has 0 spiro atoms. The number of hydrogen-bond donors (Lipinski definition) is 0. The molecule has 6 heteroatoms. The lowest BCUT2D eigenvalue weighted by Gasteiger charge is -2.36. The van der Waals surface area contributed by atoms with Crippen LogP contribution in [0, 0.1) is 11.7 Å². The molecule has 1 amide bonds. The zero-order valence-electron chi connectivity index (χ0n) is 16.7. The number of likely N-dealkylation sites (tertiary alicyclic amines) is 1. The van der Waals surface area contributed by atoms with Gasteiger partial charge in [0.25, 0.3) is 0 Å². The number of carbonyl (C=O) groups is 2. The van der Waals surface area contributed by atoms with Crippen molar-refractivity contribution in [2.24, 2.45) is 5.92 Å². The second kappa shape index (κ2) is 9.20. The Kier molecular flexibility index (Phi) is 7.22. The minimum Gasteiger partial charge on any atom is -0.466 e. The summed E-state index contributed by atoms with van der Waals surface area (Å²) in [7, 11) is 0. The van der Waals surface area contributed by atoms with Gasteiger partial charge in [0.2, 0.25) is 0 Å². The van der Waals surface area contributed by atoms with Crippen LogP contribution in [0.25, 0.3) is 0 Å². The number of carbonyl (C=O) groups excluding carboxylic acids is 2.